The molecule has 1 unspecified atom stereocenters. The molecule has 2 aliphatic heterocycles. The van der Waals surface area contributed by atoms with Gasteiger partial charge in [0.15, 0.2) is 0 Å². The number of likely N-dealkylation sites (tertiary alicyclic amines) is 1. The van der Waals surface area contributed by atoms with E-state index in [1.54, 1.807) is 6.20 Å². The van der Waals surface area contributed by atoms with Crippen LogP contribution in [0.4, 0.5) is 5.82 Å². The second-order valence-corrected chi connectivity index (χ2v) is 5.16. The highest BCUT2D eigenvalue weighted by molar-refractivity contribution is 5.82. The van der Waals surface area contributed by atoms with Gasteiger partial charge in [-0.3, -0.25) is 4.79 Å². The summed E-state index contributed by atoms with van der Waals surface area (Å²) < 4.78 is 0. The van der Waals surface area contributed by atoms with Gasteiger partial charge in [0.05, 0.1) is 0 Å². The van der Waals surface area contributed by atoms with Crippen molar-refractivity contribution < 1.29 is 4.79 Å². The second-order valence-electron chi connectivity index (χ2n) is 5.16. The minimum Gasteiger partial charge on any atom is -0.367 e. The number of piperidine rings is 1. The standard InChI is InChI=1S/C13H20N6O/c20-13(11-9-15-18-17-11)19-7-4-10(5-8-19)16-12-3-1-2-6-14-12/h1-3,6,10-11,15,17-18H,4-5,7-9H2,(H,14,16). The van der Waals surface area contributed by atoms with E-state index in [0.29, 0.717) is 12.6 Å². The maximum Gasteiger partial charge on any atom is 0.242 e. The Bertz CT molecular complexity index is 439. The number of pyridine rings is 1. The molecule has 2 saturated heterocycles. The molecule has 0 saturated carbocycles. The van der Waals surface area contributed by atoms with Crippen molar-refractivity contribution in [3.05, 3.63) is 24.4 Å². The van der Waals surface area contributed by atoms with Crippen LogP contribution in [0.5, 0.6) is 0 Å². The zero-order chi connectivity index (χ0) is 13.8. The second kappa shape index (κ2) is 6.17. The Morgan fingerprint density at radius 2 is 2.20 bits per heavy atom. The lowest BCUT2D eigenvalue weighted by Crippen LogP contribution is -2.50. The van der Waals surface area contributed by atoms with E-state index in [-0.39, 0.29) is 11.9 Å². The Morgan fingerprint density at radius 3 is 2.85 bits per heavy atom. The van der Waals surface area contributed by atoms with E-state index in [4.69, 9.17) is 0 Å². The van der Waals surface area contributed by atoms with Crippen LogP contribution in [0.15, 0.2) is 24.4 Å². The highest BCUT2D eigenvalue weighted by Crippen LogP contribution is 2.15. The lowest BCUT2D eigenvalue weighted by Gasteiger charge is -2.33. The van der Waals surface area contributed by atoms with Crippen LogP contribution in [0.3, 0.4) is 0 Å². The Hall–Kier alpha value is -1.70. The van der Waals surface area contributed by atoms with Crippen LogP contribution in [-0.4, -0.2) is 47.5 Å². The molecule has 0 aliphatic carbocycles. The highest BCUT2D eigenvalue weighted by Gasteiger charge is 2.29. The molecular weight excluding hydrogens is 256 g/mol. The van der Waals surface area contributed by atoms with Gasteiger partial charge in [-0.05, 0) is 25.0 Å². The number of amides is 1. The molecule has 1 atom stereocenters. The molecule has 0 aromatic carbocycles. The molecule has 108 valence electrons. The number of hydrogen-bond acceptors (Lipinski definition) is 6. The van der Waals surface area contributed by atoms with Crippen LogP contribution in [0.2, 0.25) is 0 Å². The average Bonchev–Trinajstić information content (AvgIpc) is 3.03. The van der Waals surface area contributed by atoms with E-state index < -0.39 is 0 Å². The molecule has 20 heavy (non-hydrogen) atoms. The van der Waals surface area contributed by atoms with Gasteiger partial charge >= 0.3 is 0 Å². The SMILES string of the molecule is O=C(C1CNNN1)N1CCC(Nc2ccccn2)CC1. The first-order valence-corrected chi connectivity index (χ1v) is 7.02. The van der Waals surface area contributed by atoms with Crippen molar-refractivity contribution in [3.8, 4) is 0 Å². The quantitative estimate of drug-likeness (QED) is 0.594. The minimum atomic E-state index is -0.157. The molecule has 2 fully saturated rings. The number of hydrazine groups is 2. The molecule has 0 bridgehead atoms. The van der Waals surface area contributed by atoms with Crippen molar-refractivity contribution >= 4 is 11.7 Å². The van der Waals surface area contributed by atoms with Gasteiger partial charge in [-0.1, -0.05) is 6.07 Å². The maximum absolute atomic E-state index is 12.2. The summed E-state index contributed by atoms with van der Waals surface area (Å²) in [6, 6.07) is 6.08. The van der Waals surface area contributed by atoms with Gasteiger partial charge in [0, 0.05) is 31.9 Å². The van der Waals surface area contributed by atoms with E-state index in [1.165, 1.54) is 0 Å². The molecule has 0 spiro atoms. The zero-order valence-corrected chi connectivity index (χ0v) is 11.3. The first-order valence-electron chi connectivity index (χ1n) is 7.02. The van der Waals surface area contributed by atoms with Crippen molar-refractivity contribution in [2.45, 2.75) is 24.9 Å². The molecule has 3 heterocycles. The Kier molecular flexibility index (Phi) is 4.10. The van der Waals surface area contributed by atoms with Crippen LogP contribution >= 0.6 is 0 Å². The first-order chi connectivity index (χ1) is 9.83. The van der Waals surface area contributed by atoms with E-state index in [1.807, 2.05) is 23.1 Å². The Balaban J connectivity index is 1.48. The first kappa shape index (κ1) is 13.3. The van der Waals surface area contributed by atoms with Crippen LogP contribution in [0.1, 0.15) is 12.8 Å². The molecule has 7 nitrogen and oxygen atoms in total. The number of hydrogen-bond donors (Lipinski definition) is 4. The number of anilines is 1. The zero-order valence-electron chi connectivity index (χ0n) is 11.3. The summed E-state index contributed by atoms with van der Waals surface area (Å²) in [6.45, 7) is 2.22. The summed E-state index contributed by atoms with van der Waals surface area (Å²) in [6.07, 6.45) is 3.69. The molecule has 0 radical (unpaired) electrons. The third kappa shape index (κ3) is 3.06. The number of nitrogens with zero attached hydrogens (tertiary/aromatic N) is 2. The van der Waals surface area contributed by atoms with Gasteiger partial charge < -0.3 is 10.2 Å². The fraction of sp³-hybridized carbons (Fsp3) is 0.538. The molecule has 2 aliphatic rings. The number of aromatic nitrogens is 1. The van der Waals surface area contributed by atoms with Crippen LogP contribution < -0.4 is 21.7 Å². The van der Waals surface area contributed by atoms with Crippen molar-refractivity contribution in [2.24, 2.45) is 0 Å². The molecule has 7 heteroatoms. The van der Waals surface area contributed by atoms with E-state index in [0.717, 1.165) is 31.7 Å². The highest BCUT2D eigenvalue weighted by atomic mass is 16.2. The van der Waals surface area contributed by atoms with Crippen molar-refractivity contribution in [1.82, 2.24) is 26.3 Å². The normalized spacial score (nSPS) is 23.8. The van der Waals surface area contributed by atoms with E-state index >= 15 is 0 Å². The number of rotatable bonds is 3. The average molecular weight is 276 g/mol. The van der Waals surface area contributed by atoms with Gasteiger partial charge in [0.25, 0.3) is 0 Å². The van der Waals surface area contributed by atoms with Crippen molar-refractivity contribution in [2.75, 3.05) is 25.0 Å². The van der Waals surface area contributed by atoms with E-state index in [9.17, 15) is 4.79 Å². The fourth-order valence-electron chi connectivity index (χ4n) is 2.61. The molecule has 1 aromatic rings. The van der Waals surface area contributed by atoms with Gasteiger partial charge in [-0.2, -0.15) is 5.53 Å². The minimum absolute atomic E-state index is 0.157. The molecule has 1 aromatic heterocycles. The third-order valence-electron chi connectivity index (χ3n) is 3.76. The number of carbonyl (C=O) groups excluding carboxylic acids is 1. The van der Waals surface area contributed by atoms with Gasteiger partial charge in [-0.15, -0.1) is 0 Å². The van der Waals surface area contributed by atoms with Crippen LogP contribution in [0, 0.1) is 0 Å². The lowest BCUT2D eigenvalue weighted by atomic mass is 10.0. The topological polar surface area (TPSA) is 81.3 Å². The van der Waals surface area contributed by atoms with Gasteiger partial charge in [0.2, 0.25) is 5.91 Å². The van der Waals surface area contributed by atoms with Crippen LogP contribution in [-0.2, 0) is 4.79 Å². The van der Waals surface area contributed by atoms with Gasteiger partial charge in [-0.25, -0.2) is 15.8 Å². The van der Waals surface area contributed by atoms with Gasteiger partial charge in [0.1, 0.15) is 11.9 Å². The maximum atomic E-state index is 12.2. The van der Waals surface area contributed by atoms with E-state index in [2.05, 4.69) is 26.7 Å². The molecular formula is C13H20N6O. The summed E-state index contributed by atoms with van der Waals surface area (Å²) in [5.74, 6) is 1.07. The predicted octanol–water partition coefficient (Wildman–Crippen LogP) is -0.534. The third-order valence-corrected chi connectivity index (χ3v) is 3.76. The smallest absolute Gasteiger partial charge is 0.242 e. The summed E-state index contributed by atoms with van der Waals surface area (Å²) in [5, 5.41) is 3.42. The fourth-order valence-corrected chi connectivity index (χ4v) is 2.61. The molecule has 3 rings (SSSR count). The predicted molar refractivity (Wildman–Crippen MR) is 75.5 cm³/mol. The Labute approximate surface area is 118 Å². The Morgan fingerprint density at radius 1 is 1.35 bits per heavy atom. The largest absolute Gasteiger partial charge is 0.367 e. The van der Waals surface area contributed by atoms with Crippen molar-refractivity contribution in [3.63, 3.8) is 0 Å². The summed E-state index contributed by atoms with van der Waals surface area (Å²) in [7, 11) is 0. The number of nitrogens with one attached hydrogen (secondary N) is 4. The molecule has 1 amide bonds. The molecule has 4 N–H and O–H groups in total. The summed E-state index contributed by atoms with van der Waals surface area (Å²) in [5.41, 5.74) is 8.60. The summed E-state index contributed by atoms with van der Waals surface area (Å²) in [4.78, 5) is 18.4. The summed E-state index contributed by atoms with van der Waals surface area (Å²) >= 11 is 0. The van der Waals surface area contributed by atoms with Crippen molar-refractivity contribution in [1.29, 1.82) is 0 Å². The lowest BCUT2D eigenvalue weighted by molar-refractivity contribution is -0.133. The number of carbonyl (C=O) groups is 1. The van der Waals surface area contributed by atoms with Crippen LogP contribution in [0.25, 0.3) is 0 Å². The monoisotopic (exact) mass is 276 g/mol.